The maximum absolute atomic E-state index is 4.76. The molecule has 1 aliphatic carbocycles. The van der Waals surface area contributed by atoms with Crippen LogP contribution in [-0.2, 0) is 17.6 Å². The average molecular weight is 302 g/mol. The lowest BCUT2D eigenvalue weighted by atomic mass is 9.86. The summed E-state index contributed by atoms with van der Waals surface area (Å²) < 4.78 is 4.76. The van der Waals surface area contributed by atoms with Crippen LogP contribution in [0.5, 0.6) is 0 Å². The van der Waals surface area contributed by atoms with Gasteiger partial charge in [-0.15, -0.1) is 0 Å². The van der Waals surface area contributed by atoms with E-state index in [1.165, 1.54) is 47.2 Å². The number of rotatable bonds is 0. The first-order valence-electron chi connectivity index (χ1n) is 8.62. The van der Waals surface area contributed by atoms with Gasteiger partial charge in [-0.25, -0.2) is 0 Å². The fourth-order valence-electron chi connectivity index (χ4n) is 3.68. The molecule has 0 aromatic heterocycles. The highest BCUT2D eigenvalue weighted by molar-refractivity contribution is 6.08. The number of aryl methyl sites for hydroxylation is 2. The average Bonchev–Trinajstić information content (AvgIpc) is 3.21. The van der Waals surface area contributed by atoms with Crippen LogP contribution in [0, 0.1) is 0 Å². The summed E-state index contributed by atoms with van der Waals surface area (Å²) in [5, 5.41) is 5.64. The molecule has 0 bridgehead atoms. The lowest BCUT2D eigenvalue weighted by molar-refractivity contribution is 0.281. The van der Waals surface area contributed by atoms with Crippen molar-refractivity contribution in [3.63, 3.8) is 0 Å². The van der Waals surface area contributed by atoms with E-state index in [9.17, 15) is 0 Å². The minimum absolute atomic E-state index is 0.889. The Hall–Kier alpha value is -2.28. The maximum atomic E-state index is 4.76. The number of hydrogen-bond donors (Lipinski definition) is 0. The van der Waals surface area contributed by atoms with E-state index in [-0.39, 0.29) is 0 Å². The SMILES string of the molecule is C1=COCC1.c1ccc2c(c1)ccc1c3c(ccc12)CCCC3. The van der Waals surface area contributed by atoms with Gasteiger partial charge in [-0.05, 0) is 64.4 Å². The zero-order chi connectivity index (χ0) is 15.5. The lowest BCUT2D eigenvalue weighted by Gasteiger charge is -2.18. The molecule has 1 heteroatoms. The summed E-state index contributed by atoms with van der Waals surface area (Å²) in [4.78, 5) is 0. The van der Waals surface area contributed by atoms with E-state index < -0.39 is 0 Å². The quantitative estimate of drug-likeness (QED) is 0.477. The molecule has 1 aliphatic heterocycles. The summed E-state index contributed by atoms with van der Waals surface area (Å²) in [6, 6.07) is 18.0. The van der Waals surface area contributed by atoms with Crippen molar-refractivity contribution in [3.8, 4) is 0 Å². The number of ether oxygens (including phenoxy) is 1. The van der Waals surface area contributed by atoms with Crippen LogP contribution in [0.4, 0.5) is 0 Å². The Labute approximate surface area is 137 Å². The molecule has 3 aromatic rings. The topological polar surface area (TPSA) is 9.23 Å². The zero-order valence-electron chi connectivity index (χ0n) is 13.4. The smallest absolute Gasteiger partial charge is 0.0908 e. The first kappa shape index (κ1) is 14.3. The van der Waals surface area contributed by atoms with Gasteiger partial charge >= 0.3 is 0 Å². The Morgan fingerprint density at radius 3 is 2.43 bits per heavy atom. The highest BCUT2D eigenvalue weighted by Crippen LogP contribution is 2.33. The van der Waals surface area contributed by atoms with Gasteiger partial charge in [0.25, 0.3) is 0 Å². The largest absolute Gasteiger partial charge is 0.501 e. The zero-order valence-corrected chi connectivity index (χ0v) is 13.4. The van der Waals surface area contributed by atoms with Crippen molar-refractivity contribution in [2.24, 2.45) is 0 Å². The van der Waals surface area contributed by atoms with Crippen molar-refractivity contribution in [3.05, 3.63) is 72.0 Å². The molecular weight excluding hydrogens is 280 g/mol. The third-order valence-corrected chi connectivity index (χ3v) is 4.85. The van der Waals surface area contributed by atoms with Crippen LogP contribution in [0.15, 0.2) is 60.9 Å². The Morgan fingerprint density at radius 2 is 1.61 bits per heavy atom. The van der Waals surface area contributed by atoms with Crippen LogP contribution in [0.3, 0.4) is 0 Å². The second kappa shape index (κ2) is 6.45. The third kappa shape index (κ3) is 2.84. The van der Waals surface area contributed by atoms with E-state index >= 15 is 0 Å². The molecule has 0 saturated carbocycles. The predicted molar refractivity (Wildman–Crippen MR) is 97.8 cm³/mol. The van der Waals surface area contributed by atoms with Gasteiger partial charge in [0.15, 0.2) is 0 Å². The Kier molecular flexibility index (Phi) is 4.02. The van der Waals surface area contributed by atoms with E-state index in [1.54, 1.807) is 17.4 Å². The van der Waals surface area contributed by atoms with Crippen LogP contribution in [0.25, 0.3) is 21.5 Å². The fraction of sp³-hybridized carbons (Fsp3) is 0.273. The van der Waals surface area contributed by atoms with Crippen molar-refractivity contribution in [1.29, 1.82) is 0 Å². The van der Waals surface area contributed by atoms with Crippen molar-refractivity contribution in [2.45, 2.75) is 32.1 Å². The summed E-state index contributed by atoms with van der Waals surface area (Å²) in [5.74, 6) is 0. The second-order valence-electron chi connectivity index (χ2n) is 6.32. The molecule has 1 nitrogen and oxygen atoms in total. The molecule has 3 aromatic carbocycles. The van der Waals surface area contributed by atoms with Crippen LogP contribution in [0.1, 0.15) is 30.4 Å². The van der Waals surface area contributed by atoms with Gasteiger partial charge < -0.3 is 4.74 Å². The standard InChI is InChI=1S/C18H16.C4H6O/c1-3-7-15-13(5-1)9-11-18-16-8-4-2-6-14(16)10-12-17(15)18;1-2-4-5-3-1/h1,3,5,7,9-12H,2,4,6,8H2;1,3H,2,4H2. The molecule has 5 rings (SSSR count). The monoisotopic (exact) mass is 302 g/mol. The fourth-order valence-corrected chi connectivity index (χ4v) is 3.68. The van der Waals surface area contributed by atoms with Crippen molar-refractivity contribution >= 4 is 21.5 Å². The summed E-state index contributed by atoms with van der Waals surface area (Å²) in [6.07, 6.45) is 10.1. The first-order valence-corrected chi connectivity index (χ1v) is 8.62. The number of benzene rings is 3. The molecule has 2 aliphatic rings. The second-order valence-corrected chi connectivity index (χ2v) is 6.32. The van der Waals surface area contributed by atoms with Crippen LogP contribution < -0.4 is 0 Å². The van der Waals surface area contributed by atoms with Gasteiger partial charge in [-0.2, -0.15) is 0 Å². The van der Waals surface area contributed by atoms with Gasteiger partial charge in [0.05, 0.1) is 12.9 Å². The molecule has 0 unspecified atom stereocenters. The van der Waals surface area contributed by atoms with Crippen LogP contribution in [0.2, 0.25) is 0 Å². The summed E-state index contributed by atoms with van der Waals surface area (Å²) in [7, 11) is 0. The van der Waals surface area contributed by atoms with E-state index in [1.807, 2.05) is 6.08 Å². The van der Waals surface area contributed by atoms with E-state index in [0.717, 1.165) is 13.0 Å². The van der Waals surface area contributed by atoms with Crippen LogP contribution >= 0.6 is 0 Å². The third-order valence-electron chi connectivity index (χ3n) is 4.85. The Bertz CT molecular complexity index is 854. The van der Waals surface area contributed by atoms with Crippen molar-refractivity contribution in [2.75, 3.05) is 6.61 Å². The summed E-state index contributed by atoms with van der Waals surface area (Å²) in [6.45, 7) is 0.889. The number of fused-ring (bicyclic) bond motifs is 5. The van der Waals surface area contributed by atoms with Gasteiger partial charge in [-0.3, -0.25) is 0 Å². The number of hydrogen-bond acceptors (Lipinski definition) is 1. The minimum Gasteiger partial charge on any atom is -0.501 e. The van der Waals surface area contributed by atoms with Gasteiger partial charge in [0.2, 0.25) is 0 Å². The lowest BCUT2D eigenvalue weighted by Crippen LogP contribution is -2.02. The van der Waals surface area contributed by atoms with E-state index in [2.05, 4.69) is 48.5 Å². The minimum atomic E-state index is 0.889. The molecule has 23 heavy (non-hydrogen) atoms. The highest BCUT2D eigenvalue weighted by Gasteiger charge is 2.13. The molecule has 1 heterocycles. The molecule has 0 N–H and O–H groups in total. The predicted octanol–water partition coefficient (Wildman–Crippen LogP) is 5.79. The van der Waals surface area contributed by atoms with Crippen LogP contribution in [-0.4, -0.2) is 6.61 Å². The molecule has 0 radical (unpaired) electrons. The Balaban J connectivity index is 0.000000233. The molecule has 0 saturated heterocycles. The molecule has 0 amide bonds. The summed E-state index contributed by atoms with van der Waals surface area (Å²) >= 11 is 0. The van der Waals surface area contributed by atoms with Crippen molar-refractivity contribution < 1.29 is 4.74 Å². The molecule has 0 fully saturated rings. The summed E-state index contributed by atoms with van der Waals surface area (Å²) in [5.41, 5.74) is 3.17. The van der Waals surface area contributed by atoms with E-state index in [4.69, 9.17) is 4.74 Å². The van der Waals surface area contributed by atoms with Gasteiger partial charge in [-0.1, -0.05) is 48.5 Å². The molecular formula is C22H22O. The normalized spacial score (nSPS) is 15.8. The highest BCUT2D eigenvalue weighted by atomic mass is 16.5. The van der Waals surface area contributed by atoms with E-state index in [0.29, 0.717) is 0 Å². The molecule has 116 valence electrons. The Morgan fingerprint density at radius 1 is 0.739 bits per heavy atom. The molecule has 0 atom stereocenters. The maximum Gasteiger partial charge on any atom is 0.0908 e. The van der Waals surface area contributed by atoms with Gasteiger partial charge in [0.1, 0.15) is 0 Å². The van der Waals surface area contributed by atoms with Crippen molar-refractivity contribution in [1.82, 2.24) is 0 Å². The molecule has 0 spiro atoms. The van der Waals surface area contributed by atoms with Gasteiger partial charge in [0, 0.05) is 6.42 Å². The first-order chi connectivity index (χ1) is 11.4.